The summed E-state index contributed by atoms with van der Waals surface area (Å²) < 4.78 is 2.44. The molecule has 6 heteroatoms. The molecule has 1 unspecified atom stereocenters. The topological polar surface area (TPSA) is 93.2 Å². The van der Waals surface area contributed by atoms with E-state index in [4.69, 9.17) is 21.9 Å². The molecule has 3 aliphatic rings. The summed E-state index contributed by atoms with van der Waals surface area (Å²) in [5, 5.41) is 11.3. The molecule has 7 aromatic carbocycles. The van der Waals surface area contributed by atoms with Gasteiger partial charge in [0.05, 0.1) is 27.8 Å². The van der Waals surface area contributed by atoms with E-state index in [2.05, 4.69) is 168 Å². The summed E-state index contributed by atoms with van der Waals surface area (Å²) in [5.74, 6) is 0.503. The van der Waals surface area contributed by atoms with Crippen molar-refractivity contribution in [2.75, 3.05) is 0 Å². The van der Waals surface area contributed by atoms with Crippen molar-refractivity contribution in [1.29, 1.82) is 5.41 Å². The predicted octanol–water partition coefficient (Wildman–Crippen LogP) is 12.1. The third-order valence-corrected chi connectivity index (χ3v) is 14.2. The van der Waals surface area contributed by atoms with E-state index in [9.17, 15) is 0 Å². The van der Waals surface area contributed by atoms with Gasteiger partial charge in [-0.2, -0.15) is 0 Å². The van der Waals surface area contributed by atoms with Crippen LogP contribution in [-0.2, 0) is 18.3 Å². The number of nitrogens with one attached hydrogen (secondary N) is 1. The van der Waals surface area contributed by atoms with Gasteiger partial charge in [0, 0.05) is 43.6 Å². The fraction of sp³-hybridized carbons (Fsp3) is 0.0741. The van der Waals surface area contributed by atoms with Crippen LogP contribution in [0, 0.1) is 5.41 Å². The molecule has 60 heavy (non-hydrogen) atoms. The van der Waals surface area contributed by atoms with Crippen LogP contribution in [-0.4, -0.2) is 16.2 Å². The van der Waals surface area contributed by atoms with Gasteiger partial charge >= 0.3 is 0 Å². The Labute approximate surface area is 352 Å². The monoisotopic (exact) mass is 789 g/mol. The van der Waals surface area contributed by atoms with Gasteiger partial charge in [0.1, 0.15) is 11.7 Å². The lowest BCUT2D eigenvalue weighted by molar-refractivity contribution is 0.748. The number of nitrogens with zero attached hydrogens (tertiary/aromatic N) is 2. The lowest BCUT2D eigenvalue weighted by Crippen LogP contribution is -2.33. The van der Waals surface area contributed by atoms with E-state index in [-0.39, 0.29) is 5.84 Å². The van der Waals surface area contributed by atoms with Crippen LogP contribution >= 0.6 is 11.3 Å². The molecule has 12 rings (SSSR count). The Morgan fingerprint density at radius 1 is 0.700 bits per heavy atom. The summed E-state index contributed by atoms with van der Waals surface area (Å²) in [5.41, 5.74) is 30.5. The van der Waals surface area contributed by atoms with Gasteiger partial charge in [-0.25, -0.2) is 4.99 Å². The Hall–Kier alpha value is -7.28. The number of para-hydroxylation sites is 3. The molecule has 2 aliphatic carbocycles. The van der Waals surface area contributed by atoms with Gasteiger partial charge in [-0.3, -0.25) is 5.41 Å². The zero-order valence-corrected chi connectivity index (χ0v) is 33.6. The Morgan fingerprint density at radius 2 is 1.43 bits per heavy atom. The van der Waals surface area contributed by atoms with E-state index in [0.717, 1.165) is 58.5 Å². The molecule has 0 saturated heterocycles. The Morgan fingerprint density at radius 3 is 2.30 bits per heavy atom. The van der Waals surface area contributed by atoms with Crippen molar-refractivity contribution >= 4 is 56.6 Å². The number of aromatic nitrogens is 1. The molecule has 2 aromatic heterocycles. The second kappa shape index (κ2) is 13.1. The molecular weight excluding hydrogens is 751 g/mol. The minimum absolute atomic E-state index is 0.0384. The summed E-state index contributed by atoms with van der Waals surface area (Å²) in [6.45, 7) is 0. The van der Waals surface area contributed by atoms with Crippen molar-refractivity contribution in [2.45, 2.75) is 24.7 Å². The van der Waals surface area contributed by atoms with Crippen LogP contribution < -0.4 is 11.5 Å². The first-order valence-corrected chi connectivity index (χ1v) is 21.4. The number of aliphatic imine (C=N–C) groups is 1. The van der Waals surface area contributed by atoms with E-state index < -0.39 is 5.41 Å². The molecule has 0 fully saturated rings. The summed E-state index contributed by atoms with van der Waals surface area (Å²) in [4.78, 5) is 7.89. The summed E-state index contributed by atoms with van der Waals surface area (Å²) in [6, 6.07) is 56.5. The van der Waals surface area contributed by atoms with Gasteiger partial charge in [0.2, 0.25) is 0 Å². The first kappa shape index (κ1) is 34.7. The lowest BCUT2D eigenvalue weighted by atomic mass is 9.65. The molecule has 0 radical (unpaired) electrons. The fourth-order valence-electron chi connectivity index (χ4n) is 10.4. The van der Waals surface area contributed by atoms with Crippen LogP contribution in [0.3, 0.4) is 0 Å². The molecule has 3 heterocycles. The molecule has 1 atom stereocenters. The van der Waals surface area contributed by atoms with E-state index in [1.165, 1.54) is 64.9 Å². The maximum atomic E-state index is 8.85. The first-order valence-electron chi connectivity index (χ1n) is 20.6. The number of fused-ring (bicyclic) bond motifs is 13. The smallest absolute Gasteiger partial charge is 0.131 e. The number of amidine groups is 2. The first-order chi connectivity index (χ1) is 29.5. The second-order valence-corrected chi connectivity index (χ2v) is 17.3. The van der Waals surface area contributed by atoms with Crippen LogP contribution in [0.4, 0.5) is 5.69 Å². The van der Waals surface area contributed by atoms with Crippen molar-refractivity contribution in [3.63, 3.8) is 0 Å². The summed E-state index contributed by atoms with van der Waals surface area (Å²) in [7, 11) is 0. The molecule has 5 N–H and O–H groups in total. The van der Waals surface area contributed by atoms with Gasteiger partial charge in [-0.15, -0.1) is 11.3 Å². The van der Waals surface area contributed by atoms with Crippen molar-refractivity contribution in [3.8, 4) is 27.9 Å². The summed E-state index contributed by atoms with van der Waals surface area (Å²) in [6.07, 6.45) is 7.28. The van der Waals surface area contributed by atoms with Crippen molar-refractivity contribution in [2.24, 2.45) is 16.5 Å². The number of nitrogen functional groups attached to an aromatic ring is 1. The van der Waals surface area contributed by atoms with Crippen LogP contribution in [0.2, 0.25) is 0 Å². The molecular formula is C54H39N5S. The van der Waals surface area contributed by atoms with Crippen LogP contribution in [0.5, 0.6) is 0 Å². The number of aryl methyl sites for hydroxylation is 1. The van der Waals surface area contributed by atoms with Crippen molar-refractivity contribution < 1.29 is 0 Å². The number of allylic oxidation sites excluding steroid dienone is 1. The third kappa shape index (κ3) is 4.85. The van der Waals surface area contributed by atoms with Crippen LogP contribution in [0.25, 0.3) is 55.8 Å². The second-order valence-electron chi connectivity index (χ2n) is 16.1. The average molecular weight is 790 g/mol. The van der Waals surface area contributed by atoms with E-state index in [1.807, 2.05) is 17.4 Å². The molecule has 1 spiro atoms. The van der Waals surface area contributed by atoms with Gasteiger partial charge < -0.3 is 16.0 Å². The van der Waals surface area contributed by atoms with E-state index in [0.29, 0.717) is 11.4 Å². The summed E-state index contributed by atoms with van der Waals surface area (Å²) >= 11 is 1.86. The average Bonchev–Trinajstić information content (AvgIpc) is 3.92. The predicted molar refractivity (Wildman–Crippen MR) is 249 cm³/mol. The quantitative estimate of drug-likeness (QED) is 0.116. The Kier molecular flexibility index (Phi) is 7.59. The molecule has 5 nitrogen and oxygen atoms in total. The van der Waals surface area contributed by atoms with Gasteiger partial charge in [0.25, 0.3) is 0 Å². The number of thiophene rings is 1. The minimum atomic E-state index is -0.665. The highest BCUT2D eigenvalue weighted by molar-refractivity contribution is 7.13. The lowest BCUT2D eigenvalue weighted by Gasteiger charge is -2.39. The van der Waals surface area contributed by atoms with Gasteiger partial charge in [-0.1, -0.05) is 152 Å². The highest BCUT2D eigenvalue weighted by Gasteiger charge is 2.51. The zero-order valence-electron chi connectivity index (χ0n) is 32.7. The highest BCUT2D eigenvalue weighted by atomic mass is 32.1. The minimum Gasteiger partial charge on any atom is -0.384 e. The fourth-order valence-corrected chi connectivity index (χ4v) is 11.7. The normalized spacial score (nSPS) is 15.9. The van der Waals surface area contributed by atoms with Crippen LogP contribution in [0.15, 0.2) is 169 Å². The van der Waals surface area contributed by atoms with Gasteiger partial charge in [0.15, 0.2) is 0 Å². The van der Waals surface area contributed by atoms with Crippen molar-refractivity contribution in [1.82, 2.24) is 4.57 Å². The number of benzene rings is 7. The number of hydrogen-bond donors (Lipinski definition) is 3. The number of rotatable bonds is 6. The Bertz CT molecular complexity index is 3330. The molecule has 9 aromatic rings. The molecule has 286 valence electrons. The maximum Gasteiger partial charge on any atom is 0.131 e. The molecule has 0 amide bonds. The van der Waals surface area contributed by atoms with Gasteiger partial charge in [-0.05, 0) is 81.1 Å². The van der Waals surface area contributed by atoms with Crippen molar-refractivity contribution in [3.05, 3.63) is 218 Å². The highest BCUT2D eigenvalue weighted by Crippen LogP contribution is 2.61. The standard InChI is InChI=1S/C54H39N5S/c55-52(56)39-17-11-19-43-49(39)40-31-35(53(57)58-50-38-15-5-9-23-47(38)60-48(50)30-32-24-26-34(27-25-32)33-12-2-1-3-13-33)28-29-41(40)54(43)42-18-6-8-22-46(42)59-45-21-7-4-14-36(45)37-16-10-20-44(54)51(37)59/h1-8,10-22,24-29,31H,9,23,30H2,(H3,55,56)(H2,57,58). The number of nitrogens with two attached hydrogens (primary N) is 2. The number of hydrogen-bond acceptors (Lipinski definition) is 3. The SMILES string of the molecule is N=C(N)c1cccc2c1-c1cc(C(N)=Nc3c(Cc4ccc(-c5ccccc5)cc4)sc4c3C=CCC4)ccc1C21c2ccccc2-n2c3ccccc3c3cccc1c32. The zero-order chi connectivity index (χ0) is 40.1. The third-order valence-electron chi connectivity index (χ3n) is 12.9. The largest absolute Gasteiger partial charge is 0.384 e. The molecule has 0 saturated carbocycles. The molecule has 0 bridgehead atoms. The molecule has 1 aliphatic heterocycles. The van der Waals surface area contributed by atoms with Crippen LogP contribution in [0.1, 0.15) is 60.7 Å². The Balaban J connectivity index is 1.04. The van der Waals surface area contributed by atoms with E-state index in [1.54, 1.807) is 0 Å². The van der Waals surface area contributed by atoms with E-state index >= 15 is 0 Å². The maximum absolute atomic E-state index is 8.85.